The molecule has 0 saturated heterocycles. The fourth-order valence-electron chi connectivity index (χ4n) is 0.666. The van der Waals surface area contributed by atoms with Crippen molar-refractivity contribution in [3.63, 3.8) is 0 Å². The summed E-state index contributed by atoms with van der Waals surface area (Å²) in [6.07, 6.45) is 8.13. The predicted octanol–water partition coefficient (Wildman–Crippen LogP) is 1.92. The molecular weight excluding hydrogens is 188 g/mol. The van der Waals surface area contributed by atoms with Gasteiger partial charge in [-0.2, -0.15) is 4.98 Å². The molecule has 68 valence electrons. The van der Waals surface area contributed by atoms with E-state index in [0.29, 0.717) is 5.88 Å². The Kier molecular flexibility index (Phi) is 2.74. The molecule has 3 nitrogen and oxygen atoms in total. The van der Waals surface area contributed by atoms with Gasteiger partial charge < -0.3 is 4.74 Å². The molecule has 0 aliphatic heterocycles. The Labute approximate surface area is 82.1 Å². The third kappa shape index (κ3) is 2.92. The van der Waals surface area contributed by atoms with E-state index in [2.05, 4.69) is 15.9 Å². The van der Waals surface area contributed by atoms with E-state index in [1.807, 2.05) is 0 Å². The van der Waals surface area contributed by atoms with Gasteiger partial charge in [0.15, 0.2) is 10.8 Å². The van der Waals surface area contributed by atoms with Crippen LogP contribution < -0.4 is 4.74 Å². The summed E-state index contributed by atoms with van der Waals surface area (Å²) in [6, 6.07) is 0. The van der Waals surface area contributed by atoms with Gasteiger partial charge in [0.1, 0.15) is 0 Å². The largest absolute Gasteiger partial charge is 0.457 e. The Morgan fingerprint density at radius 3 is 2.77 bits per heavy atom. The molecule has 0 fully saturated rings. The van der Waals surface area contributed by atoms with E-state index in [9.17, 15) is 0 Å². The highest BCUT2D eigenvalue weighted by Crippen LogP contribution is 2.15. The predicted molar refractivity (Wildman–Crippen MR) is 50.6 cm³/mol. The van der Waals surface area contributed by atoms with Crippen molar-refractivity contribution in [2.75, 3.05) is 0 Å². The van der Waals surface area contributed by atoms with Crippen LogP contribution in [0, 0.1) is 12.3 Å². The number of ether oxygens (including phenoxy) is 1. The molecule has 0 aliphatic rings. The van der Waals surface area contributed by atoms with Gasteiger partial charge in [0.2, 0.25) is 5.88 Å². The number of hydrogen-bond acceptors (Lipinski definition) is 3. The minimum atomic E-state index is -0.695. The van der Waals surface area contributed by atoms with Gasteiger partial charge in [-0.25, -0.2) is 0 Å². The summed E-state index contributed by atoms with van der Waals surface area (Å²) < 4.78 is 5.34. The maximum Gasteiger partial charge on any atom is 0.235 e. The van der Waals surface area contributed by atoms with Crippen LogP contribution in [0.4, 0.5) is 0 Å². The molecule has 0 spiro atoms. The highest BCUT2D eigenvalue weighted by atomic mass is 35.5. The number of halogens is 1. The lowest BCUT2D eigenvalue weighted by Crippen LogP contribution is -2.26. The molecule has 0 atom stereocenters. The van der Waals surface area contributed by atoms with E-state index >= 15 is 0 Å². The van der Waals surface area contributed by atoms with Crippen LogP contribution in [0.2, 0.25) is 5.15 Å². The Bertz CT molecular complexity index is 344. The molecule has 0 aromatic carbocycles. The van der Waals surface area contributed by atoms with Crippen molar-refractivity contribution in [3.8, 4) is 18.2 Å². The van der Waals surface area contributed by atoms with Gasteiger partial charge in [0, 0.05) is 0 Å². The van der Waals surface area contributed by atoms with E-state index in [1.165, 1.54) is 12.4 Å². The number of terminal acetylenes is 1. The highest BCUT2D eigenvalue weighted by molar-refractivity contribution is 6.29. The normalized spacial score (nSPS) is 10.6. The quantitative estimate of drug-likeness (QED) is 0.678. The van der Waals surface area contributed by atoms with E-state index in [-0.39, 0.29) is 5.15 Å². The van der Waals surface area contributed by atoms with Crippen LogP contribution in [0.25, 0.3) is 0 Å². The summed E-state index contributed by atoms with van der Waals surface area (Å²) in [7, 11) is 0. The van der Waals surface area contributed by atoms with Crippen LogP contribution in [0.1, 0.15) is 13.8 Å². The van der Waals surface area contributed by atoms with Crippen molar-refractivity contribution < 1.29 is 4.74 Å². The average Bonchev–Trinajstić information content (AvgIpc) is 2.03. The summed E-state index contributed by atoms with van der Waals surface area (Å²) in [5, 5.41) is 0.283. The van der Waals surface area contributed by atoms with Gasteiger partial charge in [0.05, 0.1) is 12.4 Å². The molecular formula is C9H9ClN2O. The molecule has 1 aromatic heterocycles. The number of aromatic nitrogens is 2. The fraction of sp³-hybridized carbons (Fsp3) is 0.333. The van der Waals surface area contributed by atoms with Gasteiger partial charge in [-0.15, -0.1) is 6.42 Å². The van der Waals surface area contributed by atoms with Crippen LogP contribution >= 0.6 is 11.6 Å². The fourth-order valence-corrected chi connectivity index (χ4v) is 0.805. The second-order valence-electron chi connectivity index (χ2n) is 2.94. The third-order valence-electron chi connectivity index (χ3n) is 1.29. The van der Waals surface area contributed by atoms with Crippen molar-refractivity contribution in [1.29, 1.82) is 0 Å². The molecule has 4 heteroatoms. The lowest BCUT2D eigenvalue weighted by Gasteiger charge is -2.18. The summed E-state index contributed by atoms with van der Waals surface area (Å²) >= 11 is 5.61. The Balaban J connectivity index is 2.82. The molecule has 0 aliphatic carbocycles. The zero-order chi connectivity index (χ0) is 9.90. The Morgan fingerprint density at radius 2 is 2.23 bits per heavy atom. The topological polar surface area (TPSA) is 35.0 Å². The van der Waals surface area contributed by atoms with Gasteiger partial charge in [-0.05, 0) is 13.8 Å². The molecule has 0 bridgehead atoms. The Hall–Kier alpha value is -1.27. The van der Waals surface area contributed by atoms with Crippen molar-refractivity contribution in [2.24, 2.45) is 0 Å². The summed E-state index contributed by atoms with van der Waals surface area (Å²) in [5.41, 5.74) is -0.695. The lowest BCUT2D eigenvalue weighted by atomic mass is 10.1. The average molecular weight is 197 g/mol. The number of hydrogen-bond donors (Lipinski definition) is 0. The molecule has 0 N–H and O–H groups in total. The molecule has 0 saturated carbocycles. The minimum absolute atomic E-state index is 0.283. The number of nitrogens with zero attached hydrogens (tertiary/aromatic N) is 2. The maximum atomic E-state index is 5.61. The lowest BCUT2D eigenvalue weighted by molar-refractivity contribution is 0.164. The van der Waals surface area contributed by atoms with Gasteiger partial charge in [0.25, 0.3) is 0 Å². The molecule has 1 rings (SSSR count). The van der Waals surface area contributed by atoms with E-state index in [4.69, 9.17) is 22.8 Å². The second-order valence-corrected chi connectivity index (χ2v) is 3.32. The van der Waals surface area contributed by atoms with Gasteiger partial charge >= 0.3 is 0 Å². The van der Waals surface area contributed by atoms with Crippen molar-refractivity contribution in [3.05, 3.63) is 17.5 Å². The molecule has 1 aromatic rings. The maximum absolute atomic E-state index is 5.61. The zero-order valence-corrected chi connectivity index (χ0v) is 8.17. The minimum Gasteiger partial charge on any atom is -0.457 e. The third-order valence-corrected chi connectivity index (χ3v) is 1.47. The number of rotatable bonds is 2. The van der Waals surface area contributed by atoms with Crippen molar-refractivity contribution >= 4 is 11.6 Å². The first-order valence-electron chi connectivity index (χ1n) is 3.68. The van der Waals surface area contributed by atoms with Crippen molar-refractivity contribution in [2.45, 2.75) is 19.4 Å². The first kappa shape index (κ1) is 9.82. The second kappa shape index (κ2) is 3.63. The molecule has 0 amide bonds. The summed E-state index contributed by atoms with van der Waals surface area (Å²) in [4.78, 5) is 7.71. The Morgan fingerprint density at radius 1 is 1.54 bits per heavy atom. The SMILES string of the molecule is C#CC(C)(C)Oc1cncc(Cl)n1. The van der Waals surface area contributed by atoms with Crippen LogP contribution in [0.15, 0.2) is 12.4 Å². The van der Waals surface area contributed by atoms with E-state index in [1.54, 1.807) is 13.8 Å². The van der Waals surface area contributed by atoms with Crippen LogP contribution in [-0.4, -0.2) is 15.6 Å². The smallest absolute Gasteiger partial charge is 0.235 e. The van der Waals surface area contributed by atoms with Crippen LogP contribution in [0.5, 0.6) is 5.88 Å². The highest BCUT2D eigenvalue weighted by Gasteiger charge is 2.16. The molecule has 1 heterocycles. The summed E-state index contributed by atoms with van der Waals surface area (Å²) in [6.45, 7) is 3.52. The summed E-state index contributed by atoms with van der Waals surface area (Å²) in [5.74, 6) is 2.81. The first-order valence-corrected chi connectivity index (χ1v) is 4.05. The van der Waals surface area contributed by atoms with Gasteiger partial charge in [-0.3, -0.25) is 4.98 Å². The molecule has 0 radical (unpaired) electrons. The monoisotopic (exact) mass is 196 g/mol. The molecule has 0 unspecified atom stereocenters. The van der Waals surface area contributed by atoms with Gasteiger partial charge in [-0.1, -0.05) is 17.5 Å². The molecule has 13 heavy (non-hydrogen) atoms. The van der Waals surface area contributed by atoms with Crippen LogP contribution in [0.3, 0.4) is 0 Å². The van der Waals surface area contributed by atoms with Crippen molar-refractivity contribution in [1.82, 2.24) is 9.97 Å². The standard InChI is InChI=1S/C9H9ClN2O/c1-4-9(2,3)13-8-6-11-5-7(10)12-8/h1,5-6H,2-3H3. The van der Waals surface area contributed by atoms with E-state index in [0.717, 1.165) is 0 Å². The van der Waals surface area contributed by atoms with E-state index < -0.39 is 5.60 Å². The first-order chi connectivity index (χ1) is 6.03. The van der Waals surface area contributed by atoms with Crippen LogP contribution in [-0.2, 0) is 0 Å². The zero-order valence-electron chi connectivity index (χ0n) is 7.41.